The van der Waals surface area contributed by atoms with E-state index in [1.165, 1.54) is 12.7 Å². The maximum absolute atomic E-state index is 13.0. The summed E-state index contributed by atoms with van der Waals surface area (Å²) in [6.45, 7) is 0.498. The quantitative estimate of drug-likeness (QED) is 0.384. The molecule has 5 aromatic rings. The summed E-state index contributed by atoms with van der Waals surface area (Å²) in [5.41, 5.74) is 4.86. The Morgan fingerprint density at radius 2 is 1.48 bits per heavy atom. The zero-order valence-corrected chi connectivity index (χ0v) is 18.1. The van der Waals surface area contributed by atoms with Gasteiger partial charge in [-0.25, -0.2) is 4.68 Å². The molecule has 0 saturated heterocycles. The minimum absolute atomic E-state index is 0.238. The van der Waals surface area contributed by atoms with Crippen molar-refractivity contribution in [1.29, 1.82) is 0 Å². The first-order chi connectivity index (χ1) is 16.2. The number of ether oxygens (including phenoxy) is 1. The van der Waals surface area contributed by atoms with Crippen LogP contribution in [0, 0.1) is 0 Å². The number of para-hydroxylation sites is 1. The molecule has 0 aliphatic heterocycles. The van der Waals surface area contributed by atoms with Crippen LogP contribution in [0.1, 0.15) is 5.56 Å². The van der Waals surface area contributed by atoms with Crippen molar-refractivity contribution in [1.82, 2.24) is 19.6 Å². The number of methoxy groups -OCH3 is 1. The Balaban J connectivity index is 1.50. The Labute approximate surface area is 191 Å². The number of benzene rings is 3. The highest BCUT2D eigenvalue weighted by molar-refractivity contribution is 5.63. The van der Waals surface area contributed by atoms with E-state index in [9.17, 15) is 4.79 Å². The van der Waals surface area contributed by atoms with Crippen LogP contribution in [0.3, 0.4) is 0 Å². The third-order valence-electron chi connectivity index (χ3n) is 5.45. The van der Waals surface area contributed by atoms with E-state index in [4.69, 9.17) is 4.74 Å². The number of hydrogen-bond donors (Lipinski definition) is 0. The van der Waals surface area contributed by atoms with Gasteiger partial charge in [-0.3, -0.25) is 9.48 Å². The highest BCUT2D eigenvalue weighted by Crippen LogP contribution is 2.22. The van der Waals surface area contributed by atoms with Gasteiger partial charge in [0, 0.05) is 0 Å². The van der Waals surface area contributed by atoms with Crippen LogP contribution in [-0.2, 0) is 6.54 Å². The van der Waals surface area contributed by atoms with Crippen molar-refractivity contribution in [3.05, 3.63) is 119 Å². The smallest absolute Gasteiger partial charge is 0.251 e. The molecule has 6 nitrogen and oxygen atoms in total. The van der Waals surface area contributed by atoms with E-state index < -0.39 is 0 Å². The van der Waals surface area contributed by atoms with Gasteiger partial charge in [-0.2, -0.15) is 10.2 Å². The first kappa shape index (κ1) is 20.5. The van der Waals surface area contributed by atoms with Gasteiger partial charge in [-0.15, -0.1) is 0 Å². The summed E-state index contributed by atoms with van der Waals surface area (Å²) in [4.78, 5) is 13.0. The minimum atomic E-state index is -0.272. The van der Waals surface area contributed by atoms with E-state index in [-0.39, 0.29) is 16.9 Å². The van der Waals surface area contributed by atoms with Crippen molar-refractivity contribution in [3.63, 3.8) is 0 Å². The Bertz CT molecular complexity index is 1420. The lowest BCUT2D eigenvalue weighted by atomic mass is 10.0. The second-order valence-electron chi connectivity index (χ2n) is 7.60. The van der Waals surface area contributed by atoms with Gasteiger partial charge in [0.1, 0.15) is 0 Å². The van der Waals surface area contributed by atoms with Gasteiger partial charge in [0.15, 0.2) is 11.4 Å². The van der Waals surface area contributed by atoms with Gasteiger partial charge in [0.2, 0.25) is 0 Å². The highest BCUT2D eigenvalue weighted by atomic mass is 16.5. The lowest BCUT2D eigenvalue weighted by molar-refractivity contribution is 0.402. The standard InChI is InChI=1S/C27H22N4O2/c1-33-25-19-30(18-20-12-14-22(15-13-20)21-8-4-2-5-9-21)29-26(27(25)32)24-16-17-28-31(24)23-10-6-3-7-11-23/h2-17,19H,18H2,1H3. The minimum Gasteiger partial charge on any atom is -0.491 e. The van der Waals surface area contributed by atoms with Crippen LogP contribution in [0.25, 0.3) is 28.2 Å². The van der Waals surface area contributed by atoms with Crippen LogP contribution >= 0.6 is 0 Å². The molecular formula is C27H22N4O2. The zero-order valence-electron chi connectivity index (χ0n) is 18.1. The lowest BCUT2D eigenvalue weighted by Gasteiger charge is -2.12. The van der Waals surface area contributed by atoms with Crippen molar-refractivity contribution in [2.24, 2.45) is 0 Å². The molecule has 33 heavy (non-hydrogen) atoms. The van der Waals surface area contributed by atoms with Gasteiger partial charge in [-0.1, -0.05) is 72.8 Å². The molecule has 0 aliphatic rings. The number of hydrogen-bond acceptors (Lipinski definition) is 4. The fourth-order valence-corrected chi connectivity index (χ4v) is 3.79. The normalized spacial score (nSPS) is 10.8. The maximum Gasteiger partial charge on any atom is 0.251 e. The van der Waals surface area contributed by atoms with Crippen LogP contribution in [0.2, 0.25) is 0 Å². The predicted octanol–water partition coefficient (Wildman–Crippen LogP) is 4.82. The average Bonchev–Trinajstić information content (AvgIpc) is 3.36. The largest absolute Gasteiger partial charge is 0.491 e. The van der Waals surface area contributed by atoms with Gasteiger partial charge in [-0.05, 0) is 34.9 Å². The fraction of sp³-hybridized carbons (Fsp3) is 0.0741. The summed E-state index contributed by atoms with van der Waals surface area (Å²) >= 11 is 0. The molecule has 0 saturated carbocycles. The molecule has 0 fully saturated rings. The van der Waals surface area contributed by atoms with Crippen molar-refractivity contribution in [3.8, 4) is 34.0 Å². The van der Waals surface area contributed by atoms with E-state index in [0.29, 0.717) is 12.2 Å². The molecule has 0 radical (unpaired) electrons. The molecule has 2 heterocycles. The molecule has 2 aromatic heterocycles. The average molecular weight is 434 g/mol. The molecule has 0 unspecified atom stereocenters. The zero-order chi connectivity index (χ0) is 22.6. The first-order valence-corrected chi connectivity index (χ1v) is 10.6. The highest BCUT2D eigenvalue weighted by Gasteiger charge is 2.17. The molecule has 0 atom stereocenters. The summed E-state index contributed by atoms with van der Waals surface area (Å²) in [5, 5.41) is 9.05. The van der Waals surface area contributed by atoms with Gasteiger partial charge < -0.3 is 4.74 Å². The SMILES string of the molecule is COc1cn(Cc2ccc(-c3ccccc3)cc2)nc(-c2ccnn2-c2ccccc2)c1=O. The summed E-state index contributed by atoms with van der Waals surface area (Å²) in [7, 11) is 1.49. The van der Waals surface area contributed by atoms with Crippen molar-refractivity contribution in [2.45, 2.75) is 6.54 Å². The lowest BCUT2D eigenvalue weighted by Crippen LogP contribution is -2.19. The van der Waals surface area contributed by atoms with E-state index in [1.807, 2.05) is 48.5 Å². The fourth-order valence-electron chi connectivity index (χ4n) is 3.79. The molecule has 3 aromatic carbocycles. The summed E-state index contributed by atoms with van der Waals surface area (Å²) in [6, 6.07) is 30.0. The molecule has 5 rings (SSSR count). The first-order valence-electron chi connectivity index (χ1n) is 10.6. The van der Waals surface area contributed by atoms with Crippen molar-refractivity contribution < 1.29 is 4.74 Å². The van der Waals surface area contributed by atoms with Crippen LogP contribution < -0.4 is 10.2 Å². The van der Waals surface area contributed by atoms with Crippen molar-refractivity contribution >= 4 is 0 Å². The summed E-state index contributed by atoms with van der Waals surface area (Å²) < 4.78 is 8.82. The van der Waals surface area contributed by atoms with E-state index in [0.717, 1.165) is 16.8 Å². The maximum atomic E-state index is 13.0. The number of rotatable bonds is 6. The summed E-state index contributed by atoms with van der Waals surface area (Å²) in [6.07, 6.45) is 3.30. The molecule has 0 N–H and O–H groups in total. The Morgan fingerprint density at radius 3 is 2.18 bits per heavy atom. The Morgan fingerprint density at radius 1 is 0.818 bits per heavy atom. The summed E-state index contributed by atoms with van der Waals surface area (Å²) in [5.74, 6) is 0.238. The van der Waals surface area contributed by atoms with Crippen LogP contribution in [0.4, 0.5) is 0 Å². The van der Waals surface area contributed by atoms with Gasteiger partial charge in [0.05, 0.1) is 37.4 Å². The molecule has 162 valence electrons. The van der Waals surface area contributed by atoms with Crippen LogP contribution in [-0.4, -0.2) is 26.7 Å². The molecule has 0 aliphatic carbocycles. The third kappa shape index (κ3) is 4.19. The molecular weight excluding hydrogens is 412 g/mol. The second-order valence-corrected chi connectivity index (χ2v) is 7.60. The molecule has 0 spiro atoms. The van der Waals surface area contributed by atoms with E-state index in [2.05, 4.69) is 46.6 Å². The monoisotopic (exact) mass is 434 g/mol. The number of nitrogens with zero attached hydrogens (tertiary/aromatic N) is 4. The van der Waals surface area contributed by atoms with E-state index in [1.54, 1.807) is 27.8 Å². The molecule has 0 amide bonds. The molecule has 0 bridgehead atoms. The third-order valence-corrected chi connectivity index (χ3v) is 5.45. The molecule has 6 heteroatoms. The van der Waals surface area contributed by atoms with Crippen LogP contribution in [0.5, 0.6) is 5.75 Å². The van der Waals surface area contributed by atoms with Gasteiger partial charge >= 0.3 is 0 Å². The number of aromatic nitrogens is 4. The second kappa shape index (κ2) is 8.96. The Hall–Kier alpha value is -4.45. The topological polar surface area (TPSA) is 61.9 Å². The van der Waals surface area contributed by atoms with E-state index >= 15 is 0 Å². The van der Waals surface area contributed by atoms with Crippen molar-refractivity contribution in [2.75, 3.05) is 7.11 Å². The Kier molecular flexibility index (Phi) is 5.55. The van der Waals surface area contributed by atoms with Crippen LogP contribution in [0.15, 0.2) is 108 Å². The predicted molar refractivity (Wildman–Crippen MR) is 129 cm³/mol. The van der Waals surface area contributed by atoms with Gasteiger partial charge in [0.25, 0.3) is 5.43 Å².